The first-order valence-corrected chi connectivity index (χ1v) is 7.93. The lowest BCUT2D eigenvalue weighted by Crippen LogP contribution is -1.96. The fourth-order valence-electron chi connectivity index (χ4n) is 2.41. The lowest BCUT2D eigenvalue weighted by atomic mass is 10.2. The van der Waals surface area contributed by atoms with Gasteiger partial charge < -0.3 is 5.32 Å². The summed E-state index contributed by atoms with van der Waals surface area (Å²) in [6.07, 6.45) is 1.57. The van der Waals surface area contributed by atoms with Crippen LogP contribution in [0.4, 0.5) is 11.5 Å². The minimum Gasteiger partial charge on any atom is -0.340 e. The number of nitrogens with one attached hydrogen (secondary N) is 1. The van der Waals surface area contributed by atoms with E-state index in [1.165, 1.54) is 0 Å². The topological polar surface area (TPSA) is 50.7 Å². The molecule has 0 spiro atoms. The molecule has 1 N–H and O–H groups in total. The molecule has 4 aromatic rings. The predicted molar refractivity (Wildman–Crippen MR) is 92.2 cm³/mol. The van der Waals surface area contributed by atoms with Gasteiger partial charge in [0.25, 0.3) is 0 Å². The predicted octanol–water partition coefficient (Wildman–Crippen LogP) is 4.94. The summed E-state index contributed by atoms with van der Waals surface area (Å²) in [6.45, 7) is 2.01. The lowest BCUT2D eigenvalue weighted by Gasteiger charge is -2.08. The molecule has 4 nitrogen and oxygen atoms in total. The van der Waals surface area contributed by atoms with Crippen LogP contribution in [0.15, 0.2) is 42.7 Å². The second-order valence-corrected chi connectivity index (χ2v) is 6.53. The average molecular weight is 327 g/mol. The molecule has 0 unspecified atom stereocenters. The van der Waals surface area contributed by atoms with Crippen molar-refractivity contribution in [1.29, 1.82) is 0 Å². The molecule has 22 heavy (non-hydrogen) atoms. The Labute approximate surface area is 135 Å². The molecular formula is C16H11ClN4S. The number of rotatable bonds is 2. The van der Waals surface area contributed by atoms with Crippen molar-refractivity contribution in [3.8, 4) is 0 Å². The number of thiazole rings is 1. The van der Waals surface area contributed by atoms with Gasteiger partial charge in [0.2, 0.25) is 0 Å². The van der Waals surface area contributed by atoms with Gasteiger partial charge in [-0.05, 0) is 43.3 Å². The maximum atomic E-state index is 5.93. The number of hydrogen-bond donors (Lipinski definition) is 1. The summed E-state index contributed by atoms with van der Waals surface area (Å²) in [7, 11) is 0. The van der Waals surface area contributed by atoms with Gasteiger partial charge in [0.15, 0.2) is 0 Å². The third-order valence-corrected chi connectivity index (χ3v) is 4.63. The zero-order valence-electron chi connectivity index (χ0n) is 11.7. The van der Waals surface area contributed by atoms with E-state index in [0.717, 1.165) is 37.6 Å². The standard InChI is InChI=1S/C16H11ClN4S/c1-9-20-13-7-6-12-14(15(13)22-9)16(19-8-18-12)21-11-4-2-10(17)3-5-11/h2-8H,1H3,(H,18,19,21). The molecule has 0 aliphatic heterocycles. The molecular weight excluding hydrogens is 316 g/mol. The van der Waals surface area contributed by atoms with Crippen LogP contribution in [0.25, 0.3) is 21.1 Å². The highest BCUT2D eigenvalue weighted by atomic mass is 35.5. The molecule has 0 saturated carbocycles. The first kappa shape index (κ1) is 13.4. The zero-order chi connectivity index (χ0) is 15.1. The quantitative estimate of drug-likeness (QED) is 0.566. The van der Waals surface area contributed by atoms with E-state index in [2.05, 4.69) is 20.3 Å². The molecule has 0 aliphatic carbocycles. The van der Waals surface area contributed by atoms with E-state index in [1.807, 2.05) is 43.3 Å². The highest BCUT2D eigenvalue weighted by molar-refractivity contribution is 7.19. The Hall–Kier alpha value is -2.24. The highest BCUT2D eigenvalue weighted by Gasteiger charge is 2.11. The fourth-order valence-corrected chi connectivity index (χ4v) is 3.49. The van der Waals surface area contributed by atoms with Gasteiger partial charge in [-0.25, -0.2) is 15.0 Å². The number of fused-ring (bicyclic) bond motifs is 3. The summed E-state index contributed by atoms with van der Waals surface area (Å²) in [5.41, 5.74) is 2.81. The van der Waals surface area contributed by atoms with Crippen LogP contribution in [0.5, 0.6) is 0 Å². The number of nitrogens with zero attached hydrogens (tertiary/aromatic N) is 3. The van der Waals surface area contributed by atoms with Crippen molar-refractivity contribution in [2.45, 2.75) is 6.92 Å². The Morgan fingerprint density at radius 1 is 1.00 bits per heavy atom. The number of anilines is 2. The Morgan fingerprint density at radius 2 is 1.77 bits per heavy atom. The average Bonchev–Trinajstić information content (AvgIpc) is 2.90. The van der Waals surface area contributed by atoms with Crippen LogP contribution in [0.2, 0.25) is 5.02 Å². The van der Waals surface area contributed by atoms with Crippen molar-refractivity contribution in [2.24, 2.45) is 0 Å². The maximum absolute atomic E-state index is 5.93. The second-order valence-electron chi connectivity index (χ2n) is 4.89. The molecule has 0 aliphatic rings. The summed E-state index contributed by atoms with van der Waals surface area (Å²) < 4.78 is 1.10. The normalized spacial score (nSPS) is 11.2. The first-order chi connectivity index (χ1) is 10.7. The monoisotopic (exact) mass is 326 g/mol. The molecule has 0 atom stereocenters. The molecule has 2 aromatic carbocycles. The van der Waals surface area contributed by atoms with E-state index in [1.54, 1.807) is 17.7 Å². The second kappa shape index (κ2) is 5.19. The molecule has 2 heterocycles. The molecule has 6 heteroatoms. The van der Waals surface area contributed by atoms with Crippen LogP contribution < -0.4 is 5.32 Å². The minimum absolute atomic E-state index is 0.707. The van der Waals surface area contributed by atoms with E-state index >= 15 is 0 Å². The number of aryl methyl sites for hydroxylation is 1. The van der Waals surface area contributed by atoms with Gasteiger partial charge in [0, 0.05) is 10.7 Å². The van der Waals surface area contributed by atoms with Crippen molar-refractivity contribution in [3.63, 3.8) is 0 Å². The van der Waals surface area contributed by atoms with E-state index in [-0.39, 0.29) is 0 Å². The SMILES string of the molecule is Cc1nc2ccc3ncnc(Nc4ccc(Cl)cc4)c3c2s1. The fraction of sp³-hybridized carbons (Fsp3) is 0.0625. The van der Waals surface area contributed by atoms with Crippen molar-refractivity contribution in [1.82, 2.24) is 15.0 Å². The molecule has 0 saturated heterocycles. The summed E-state index contributed by atoms with van der Waals surface area (Å²) in [5.74, 6) is 0.779. The maximum Gasteiger partial charge on any atom is 0.143 e. The van der Waals surface area contributed by atoms with Crippen molar-refractivity contribution < 1.29 is 0 Å². The van der Waals surface area contributed by atoms with Gasteiger partial charge in [-0.15, -0.1) is 11.3 Å². The highest BCUT2D eigenvalue weighted by Crippen LogP contribution is 2.34. The van der Waals surface area contributed by atoms with Gasteiger partial charge in [-0.2, -0.15) is 0 Å². The van der Waals surface area contributed by atoms with Crippen molar-refractivity contribution in [3.05, 3.63) is 52.8 Å². The smallest absolute Gasteiger partial charge is 0.143 e. The first-order valence-electron chi connectivity index (χ1n) is 6.74. The molecule has 0 bridgehead atoms. The van der Waals surface area contributed by atoms with Crippen LogP contribution >= 0.6 is 22.9 Å². The number of halogens is 1. The van der Waals surface area contributed by atoms with E-state index in [9.17, 15) is 0 Å². The summed E-state index contributed by atoms with van der Waals surface area (Å²) in [6, 6.07) is 11.5. The van der Waals surface area contributed by atoms with Crippen LogP contribution in [-0.2, 0) is 0 Å². The zero-order valence-corrected chi connectivity index (χ0v) is 13.2. The number of hydrogen-bond acceptors (Lipinski definition) is 5. The van der Waals surface area contributed by atoms with Gasteiger partial charge in [0.05, 0.1) is 26.1 Å². The Balaban J connectivity index is 1.92. The van der Waals surface area contributed by atoms with Crippen LogP contribution in [0, 0.1) is 6.92 Å². The molecule has 2 aromatic heterocycles. The van der Waals surface area contributed by atoms with Gasteiger partial charge >= 0.3 is 0 Å². The van der Waals surface area contributed by atoms with Crippen molar-refractivity contribution >= 4 is 55.6 Å². The number of aromatic nitrogens is 3. The van der Waals surface area contributed by atoms with Crippen LogP contribution in [0.1, 0.15) is 5.01 Å². The Bertz CT molecular complexity index is 979. The Morgan fingerprint density at radius 3 is 2.59 bits per heavy atom. The Kier molecular flexibility index (Phi) is 3.17. The van der Waals surface area contributed by atoms with Gasteiger partial charge in [-0.3, -0.25) is 0 Å². The van der Waals surface area contributed by atoms with Crippen LogP contribution in [-0.4, -0.2) is 15.0 Å². The van der Waals surface area contributed by atoms with Gasteiger partial charge in [0.1, 0.15) is 12.1 Å². The summed E-state index contributed by atoms with van der Waals surface area (Å²) in [4.78, 5) is 13.3. The molecule has 0 fully saturated rings. The van der Waals surface area contributed by atoms with E-state index in [4.69, 9.17) is 11.6 Å². The third-order valence-electron chi connectivity index (χ3n) is 3.37. The number of benzene rings is 2. The molecule has 4 rings (SSSR count). The van der Waals surface area contributed by atoms with E-state index < -0.39 is 0 Å². The largest absolute Gasteiger partial charge is 0.340 e. The third kappa shape index (κ3) is 2.28. The lowest BCUT2D eigenvalue weighted by molar-refractivity contribution is 1.22. The molecule has 0 radical (unpaired) electrons. The summed E-state index contributed by atoms with van der Waals surface area (Å²) in [5, 5.41) is 6.08. The van der Waals surface area contributed by atoms with Gasteiger partial charge in [-0.1, -0.05) is 11.6 Å². The minimum atomic E-state index is 0.707. The van der Waals surface area contributed by atoms with Crippen LogP contribution in [0.3, 0.4) is 0 Å². The van der Waals surface area contributed by atoms with E-state index in [0.29, 0.717) is 5.02 Å². The summed E-state index contributed by atoms with van der Waals surface area (Å²) >= 11 is 7.59. The molecule has 108 valence electrons. The molecule has 0 amide bonds. The van der Waals surface area contributed by atoms with Crippen molar-refractivity contribution in [2.75, 3.05) is 5.32 Å².